The number of aromatic nitrogens is 4. The molecule has 2 aromatic heterocycles. The maximum absolute atomic E-state index is 13.5. The summed E-state index contributed by atoms with van der Waals surface area (Å²) < 4.78 is 15.3. The predicted octanol–water partition coefficient (Wildman–Crippen LogP) is 1.02. The van der Waals surface area contributed by atoms with Gasteiger partial charge in [-0.3, -0.25) is 0 Å². The summed E-state index contributed by atoms with van der Waals surface area (Å²) in [6.07, 6.45) is 0.360. The first-order valence-corrected chi connectivity index (χ1v) is 7.87. The van der Waals surface area contributed by atoms with Crippen molar-refractivity contribution in [3.05, 3.63) is 35.4 Å². The third-order valence-electron chi connectivity index (χ3n) is 3.87. The number of hydrogen-bond acceptors (Lipinski definition) is 7. The smallest absolute Gasteiger partial charge is 0.226 e. The van der Waals surface area contributed by atoms with Gasteiger partial charge in [0.15, 0.2) is 17.0 Å². The van der Waals surface area contributed by atoms with Crippen molar-refractivity contribution < 1.29 is 4.39 Å². The molecule has 132 valence electrons. The number of aryl methyl sites for hydroxylation is 1. The van der Waals surface area contributed by atoms with E-state index in [4.69, 9.17) is 17.2 Å². The van der Waals surface area contributed by atoms with Gasteiger partial charge in [0.1, 0.15) is 11.6 Å². The van der Waals surface area contributed by atoms with E-state index >= 15 is 0 Å². The minimum atomic E-state index is -0.343. The number of rotatable bonds is 5. The Bertz CT molecular complexity index is 918. The molecule has 7 N–H and O–H groups in total. The molecule has 0 fully saturated rings. The molecule has 8 nitrogen and oxygen atoms in total. The molecule has 9 heteroatoms. The lowest BCUT2D eigenvalue weighted by Crippen LogP contribution is -2.26. The summed E-state index contributed by atoms with van der Waals surface area (Å²) in [6.45, 7) is 2.40. The van der Waals surface area contributed by atoms with Gasteiger partial charge in [-0.1, -0.05) is 0 Å². The van der Waals surface area contributed by atoms with Crippen molar-refractivity contribution in [3.8, 4) is 0 Å². The zero-order valence-electron chi connectivity index (χ0n) is 14.1. The summed E-state index contributed by atoms with van der Waals surface area (Å²) >= 11 is 0. The van der Waals surface area contributed by atoms with Gasteiger partial charge in [-0.05, 0) is 30.7 Å². The van der Waals surface area contributed by atoms with Gasteiger partial charge in [0.2, 0.25) is 5.95 Å². The highest BCUT2D eigenvalue weighted by Crippen LogP contribution is 2.23. The van der Waals surface area contributed by atoms with E-state index in [9.17, 15) is 4.39 Å². The molecule has 1 aromatic carbocycles. The summed E-state index contributed by atoms with van der Waals surface area (Å²) in [4.78, 5) is 13.1. The number of hydrogen-bond donors (Lipinski definition) is 4. The first-order valence-electron chi connectivity index (χ1n) is 7.87. The highest BCUT2D eigenvalue weighted by atomic mass is 19.1. The Kier molecular flexibility index (Phi) is 4.41. The number of anilines is 3. The van der Waals surface area contributed by atoms with E-state index in [1.165, 1.54) is 18.2 Å². The van der Waals surface area contributed by atoms with Crippen molar-refractivity contribution in [2.45, 2.75) is 19.4 Å². The van der Waals surface area contributed by atoms with Crippen LogP contribution in [0.25, 0.3) is 11.2 Å². The lowest BCUT2D eigenvalue weighted by atomic mass is 10.1. The number of nitrogens with zero attached hydrogens (tertiary/aromatic N) is 4. The van der Waals surface area contributed by atoms with Gasteiger partial charge in [0.05, 0.1) is 0 Å². The SMILES string of the molecule is CC(N)CNc1nc(N)c2nc(Cc3cc(F)ccc3N)n(C)c2n1. The fourth-order valence-corrected chi connectivity index (χ4v) is 2.51. The molecule has 0 spiro atoms. The Morgan fingerprint density at radius 1 is 1.24 bits per heavy atom. The van der Waals surface area contributed by atoms with Crippen LogP contribution in [-0.4, -0.2) is 32.1 Å². The molecule has 25 heavy (non-hydrogen) atoms. The molecule has 1 unspecified atom stereocenters. The van der Waals surface area contributed by atoms with E-state index in [1.54, 1.807) is 4.57 Å². The number of halogens is 1. The molecule has 0 saturated carbocycles. The number of benzene rings is 1. The highest BCUT2D eigenvalue weighted by Gasteiger charge is 2.16. The summed E-state index contributed by atoms with van der Waals surface area (Å²) in [7, 11) is 1.82. The van der Waals surface area contributed by atoms with Crippen molar-refractivity contribution >= 4 is 28.6 Å². The summed E-state index contributed by atoms with van der Waals surface area (Å²) in [5.41, 5.74) is 19.9. The van der Waals surface area contributed by atoms with Crippen LogP contribution >= 0.6 is 0 Å². The topological polar surface area (TPSA) is 134 Å². The van der Waals surface area contributed by atoms with Crippen molar-refractivity contribution in [2.24, 2.45) is 12.8 Å². The van der Waals surface area contributed by atoms with E-state index < -0.39 is 0 Å². The molecule has 0 aliphatic carbocycles. The Labute approximate surface area is 144 Å². The van der Waals surface area contributed by atoms with Crippen LogP contribution < -0.4 is 22.5 Å². The Hall–Kier alpha value is -2.94. The van der Waals surface area contributed by atoms with Crippen molar-refractivity contribution in [1.29, 1.82) is 0 Å². The van der Waals surface area contributed by atoms with Crippen molar-refractivity contribution in [3.63, 3.8) is 0 Å². The zero-order valence-corrected chi connectivity index (χ0v) is 14.1. The Balaban J connectivity index is 1.98. The van der Waals surface area contributed by atoms with Crippen molar-refractivity contribution in [1.82, 2.24) is 19.5 Å². The third kappa shape index (κ3) is 3.45. The van der Waals surface area contributed by atoms with Gasteiger partial charge in [-0.25, -0.2) is 9.37 Å². The Morgan fingerprint density at radius 2 is 2.00 bits per heavy atom. The first kappa shape index (κ1) is 16.9. The molecule has 0 aliphatic rings. The second kappa shape index (κ2) is 6.52. The average molecular weight is 344 g/mol. The van der Waals surface area contributed by atoms with E-state index in [0.29, 0.717) is 47.2 Å². The summed E-state index contributed by atoms with van der Waals surface area (Å²) in [5.74, 6) is 0.982. The standard InChI is InChI=1S/C16H21FN8/c1-8(18)7-21-16-23-14(20)13-15(24-16)25(2)12(22-13)6-9-5-10(17)3-4-11(9)19/h3-5,8H,6-7,18-19H2,1-2H3,(H3,20,21,23,24). The third-order valence-corrected chi connectivity index (χ3v) is 3.87. The molecular formula is C16H21FN8. The van der Waals surface area contributed by atoms with Gasteiger partial charge in [0.25, 0.3) is 0 Å². The number of nitrogens with two attached hydrogens (primary N) is 3. The van der Waals surface area contributed by atoms with E-state index in [1.807, 2.05) is 14.0 Å². The number of fused-ring (bicyclic) bond motifs is 1. The van der Waals surface area contributed by atoms with Crippen molar-refractivity contribution in [2.75, 3.05) is 23.3 Å². The zero-order chi connectivity index (χ0) is 18.1. The molecule has 0 bridgehead atoms. The van der Waals surface area contributed by atoms with Gasteiger partial charge >= 0.3 is 0 Å². The second-order valence-corrected chi connectivity index (χ2v) is 6.07. The first-order chi connectivity index (χ1) is 11.8. The molecular weight excluding hydrogens is 323 g/mol. The monoisotopic (exact) mass is 344 g/mol. The normalized spacial score (nSPS) is 12.5. The van der Waals surface area contributed by atoms with Gasteiger partial charge in [0, 0.05) is 31.7 Å². The van der Waals surface area contributed by atoms with Crippen LogP contribution in [0.5, 0.6) is 0 Å². The van der Waals surface area contributed by atoms with Crippen LogP contribution in [0.15, 0.2) is 18.2 Å². The van der Waals surface area contributed by atoms with E-state index in [2.05, 4.69) is 20.3 Å². The molecule has 0 saturated heterocycles. The largest absolute Gasteiger partial charge is 0.398 e. The molecule has 0 aliphatic heterocycles. The average Bonchev–Trinajstić information content (AvgIpc) is 2.86. The fourth-order valence-electron chi connectivity index (χ4n) is 2.51. The van der Waals surface area contributed by atoms with Gasteiger partial charge < -0.3 is 27.1 Å². The lowest BCUT2D eigenvalue weighted by Gasteiger charge is -2.08. The maximum Gasteiger partial charge on any atom is 0.226 e. The van der Waals surface area contributed by atoms with Crippen LogP contribution in [0.2, 0.25) is 0 Å². The molecule has 1 atom stereocenters. The number of nitrogens with one attached hydrogen (secondary N) is 1. The lowest BCUT2D eigenvalue weighted by molar-refractivity contribution is 0.626. The molecule has 2 heterocycles. The molecule has 0 amide bonds. The second-order valence-electron chi connectivity index (χ2n) is 6.07. The fraction of sp³-hybridized carbons (Fsp3) is 0.312. The Morgan fingerprint density at radius 3 is 2.72 bits per heavy atom. The summed E-state index contributed by atoms with van der Waals surface area (Å²) in [5, 5.41) is 3.04. The number of imidazole rings is 1. The maximum atomic E-state index is 13.5. The predicted molar refractivity (Wildman–Crippen MR) is 96.5 cm³/mol. The highest BCUT2D eigenvalue weighted by molar-refractivity contribution is 5.83. The van der Waals surface area contributed by atoms with Crippen LogP contribution in [0.1, 0.15) is 18.3 Å². The molecule has 0 radical (unpaired) electrons. The summed E-state index contributed by atoms with van der Waals surface area (Å²) in [6, 6.07) is 4.23. The van der Waals surface area contributed by atoms with E-state index in [0.717, 1.165) is 0 Å². The van der Waals surface area contributed by atoms with Crippen LogP contribution in [0, 0.1) is 5.82 Å². The molecule has 3 rings (SSSR count). The van der Waals surface area contributed by atoms with E-state index in [-0.39, 0.29) is 17.7 Å². The van der Waals surface area contributed by atoms with Crippen LogP contribution in [0.4, 0.5) is 21.8 Å². The number of nitrogen functional groups attached to an aromatic ring is 2. The van der Waals surface area contributed by atoms with Gasteiger partial charge in [-0.15, -0.1) is 0 Å². The minimum absolute atomic E-state index is 0.0430. The minimum Gasteiger partial charge on any atom is -0.398 e. The van der Waals surface area contributed by atoms with Crippen LogP contribution in [-0.2, 0) is 13.5 Å². The van der Waals surface area contributed by atoms with Gasteiger partial charge in [-0.2, -0.15) is 9.97 Å². The van der Waals surface area contributed by atoms with Crippen LogP contribution in [0.3, 0.4) is 0 Å². The quantitative estimate of drug-likeness (QED) is 0.508. The molecule has 3 aromatic rings.